The van der Waals surface area contributed by atoms with Gasteiger partial charge in [-0.05, 0) is 25.5 Å². The number of hydrogen-bond donors (Lipinski definition) is 2. The van der Waals surface area contributed by atoms with Gasteiger partial charge in [0, 0.05) is 19.1 Å². The van der Waals surface area contributed by atoms with E-state index < -0.39 is 0 Å². The first-order valence-electron chi connectivity index (χ1n) is 4.60. The van der Waals surface area contributed by atoms with Gasteiger partial charge in [-0.1, -0.05) is 11.8 Å². The normalized spacial score (nSPS) is 25.8. The van der Waals surface area contributed by atoms with Crippen molar-refractivity contribution in [3.05, 3.63) is 0 Å². The van der Waals surface area contributed by atoms with Crippen molar-refractivity contribution in [1.82, 2.24) is 4.90 Å². The van der Waals surface area contributed by atoms with Gasteiger partial charge >= 0.3 is 0 Å². The fourth-order valence-electron chi connectivity index (χ4n) is 1.58. The summed E-state index contributed by atoms with van der Waals surface area (Å²) >= 11 is 1.60. The van der Waals surface area contributed by atoms with Crippen LogP contribution >= 0.6 is 11.8 Å². The molecule has 0 aromatic rings. The lowest BCUT2D eigenvalue weighted by Crippen LogP contribution is -2.31. The summed E-state index contributed by atoms with van der Waals surface area (Å²) in [4.78, 5) is 2.22. The molecule has 5 heteroatoms. The second-order valence-corrected chi connectivity index (χ2v) is 4.07. The monoisotopic (exact) mass is 202 g/mol. The van der Waals surface area contributed by atoms with Crippen LogP contribution in [0.2, 0.25) is 0 Å². The van der Waals surface area contributed by atoms with Crippen LogP contribution in [-0.4, -0.2) is 35.5 Å². The molecule has 0 aromatic heterocycles. The Morgan fingerprint density at radius 3 is 2.85 bits per heavy atom. The molecule has 1 unspecified atom stereocenters. The minimum atomic E-state index is 0.353. The summed E-state index contributed by atoms with van der Waals surface area (Å²) in [6.45, 7) is 2.02. The van der Waals surface area contributed by atoms with Gasteiger partial charge in [-0.2, -0.15) is 5.10 Å². The van der Waals surface area contributed by atoms with Gasteiger partial charge in [0.05, 0.1) is 0 Å². The molecule has 0 amide bonds. The molecular weight excluding hydrogens is 184 g/mol. The minimum absolute atomic E-state index is 0.353. The molecule has 4 N–H and O–H groups in total. The molecule has 1 aliphatic heterocycles. The fraction of sp³-hybridized carbons (Fsp3) is 0.875. The van der Waals surface area contributed by atoms with Gasteiger partial charge in [0.15, 0.2) is 5.17 Å². The number of rotatable bonds is 0. The molecular formula is C8H18N4S. The molecule has 13 heavy (non-hydrogen) atoms. The predicted octanol–water partition coefficient (Wildman–Crippen LogP) is 0.392. The van der Waals surface area contributed by atoms with E-state index in [-0.39, 0.29) is 0 Å². The average Bonchev–Trinajstić information content (AvgIpc) is 2.34. The molecule has 4 nitrogen and oxygen atoms in total. The van der Waals surface area contributed by atoms with Gasteiger partial charge in [0.2, 0.25) is 0 Å². The number of hydrogen-bond acceptors (Lipinski definition) is 4. The Balaban J connectivity index is 2.50. The lowest BCUT2D eigenvalue weighted by Gasteiger charge is -2.21. The SMILES string of the molecule is CSC(=NN)N1CCCC(N)CC1. The summed E-state index contributed by atoms with van der Waals surface area (Å²) in [6, 6.07) is 0.353. The summed E-state index contributed by atoms with van der Waals surface area (Å²) in [7, 11) is 0. The summed E-state index contributed by atoms with van der Waals surface area (Å²) in [6.07, 6.45) is 5.29. The van der Waals surface area contributed by atoms with Crippen LogP contribution < -0.4 is 11.6 Å². The summed E-state index contributed by atoms with van der Waals surface area (Å²) in [5, 5.41) is 4.69. The van der Waals surface area contributed by atoms with Crippen molar-refractivity contribution in [2.45, 2.75) is 25.3 Å². The van der Waals surface area contributed by atoms with Gasteiger partial charge in [-0.25, -0.2) is 0 Å². The molecule has 0 bridgehead atoms. The fourth-order valence-corrected chi connectivity index (χ4v) is 2.12. The first-order chi connectivity index (χ1) is 6.27. The van der Waals surface area contributed by atoms with Crippen LogP contribution in [0.15, 0.2) is 5.10 Å². The maximum atomic E-state index is 5.88. The Kier molecular flexibility index (Phi) is 4.38. The lowest BCUT2D eigenvalue weighted by molar-refractivity contribution is 0.439. The van der Waals surface area contributed by atoms with Gasteiger partial charge in [0.25, 0.3) is 0 Å². The van der Waals surface area contributed by atoms with Crippen LogP contribution in [0.1, 0.15) is 19.3 Å². The van der Waals surface area contributed by atoms with Crippen LogP contribution in [0.3, 0.4) is 0 Å². The van der Waals surface area contributed by atoms with Crippen LogP contribution in [0, 0.1) is 0 Å². The van der Waals surface area contributed by atoms with Crippen LogP contribution in [0.4, 0.5) is 0 Å². The van der Waals surface area contributed by atoms with Crippen molar-refractivity contribution < 1.29 is 0 Å². The highest BCUT2D eigenvalue weighted by molar-refractivity contribution is 8.13. The molecule has 0 aromatic carbocycles. The molecule has 1 heterocycles. The molecule has 1 rings (SSSR count). The maximum absolute atomic E-state index is 5.88. The number of amidine groups is 1. The van der Waals surface area contributed by atoms with E-state index in [2.05, 4.69) is 10.0 Å². The topological polar surface area (TPSA) is 67.6 Å². The van der Waals surface area contributed by atoms with Gasteiger partial charge in [-0.3, -0.25) is 0 Å². The molecule has 1 saturated heterocycles. The highest BCUT2D eigenvalue weighted by atomic mass is 32.2. The zero-order valence-electron chi connectivity index (χ0n) is 8.07. The molecule has 0 spiro atoms. The smallest absolute Gasteiger partial charge is 0.182 e. The highest BCUT2D eigenvalue weighted by Gasteiger charge is 2.16. The third kappa shape index (κ3) is 3.08. The number of thioether (sulfide) groups is 1. The quantitative estimate of drug-likeness (QED) is 0.258. The maximum Gasteiger partial charge on any atom is 0.182 e. The largest absolute Gasteiger partial charge is 0.350 e. The van der Waals surface area contributed by atoms with Crippen molar-refractivity contribution in [3.8, 4) is 0 Å². The second kappa shape index (κ2) is 5.34. The first-order valence-corrected chi connectivity index (χ1v) is 5.82. The minimum Gasteiger partial charge on any atom is -0.350 e. The van der Waals surface area contributed by atoms with E-state index >= 15 is 0 Å². The number of nitrogens with two attached hydrogens (primary N) is 2. The molecule has 76 valence electrons. The van der Waals surface area contributed by atoms with E-state index in [9.17, 15) is 0 Å². The lowest BCUT2D eigenvalue weighted by atomic mass is 10.1. The Labute approximate surface area is 83.7 Å². The van der Waals surface area contributed by atoms with Crippen molar-refractivity contribution in [2.75, 3.05) is 19.3 Å². The standard InChI is InChI=1S/C8H18N4S/c1-13-8(11-10)12-5-2-3-7(9)4-6-12/h7H,2-6,9-10H2,1H3. The van der Waals surface area contributed by atoms with Crippen LogP contribution in [-0.2, 0) is 0 Å². The Morgan fingerprint density at radius 1 is 1.46 bits per heavy atom. The van der Waals surface area contributed by atoms with Gasteiger partial charge in [0.1, 0.15) is 0 Å². The van der Waals surface area contributed by atoms with Crippen molar-refractivity contribution in [3.63, 3.8) is 0 Å². The average molecular weight is 202 g/mol. The summed E-state index contributed by atoms with van der Waals surface area (Å²) < 4.78 is 0. The molecule has 1 aliphatic rings. The van der Waals surface area contributed by atoms with Crippen molar-refractivity contribution in [1.29, 1.82) is 0 Å². The van der Waals surface area contributed by atoms with Gasteiger partial charge < -0.3 is 16.5 Å². The molecule has 0 saturated carbocycles. The Morgan fingerprint density at radius 2 is 2.23 bits per heavy atom. The van der Waals surface area contributed by atoms with Crippen LogP contribution in [0.25, 0.3) is 0 Å². The third-order valence-corrected chi connectivity index (χ3v) is 3.07. The Bertz CT molecular complexity index is 183. The number of hydrazone groups is 1. The molecule has 1 atom stereocenters. The third-order valence-electron chi connectivity index (χ3n) is 2.34. The van der Waals surface area contributed by atoms with E-state index in [0.717, 1.165) is 37.5 Å². The van der Waals surface area contributed by atoms with Crippen molar-refractivity contribution in [2.24, 2.45) is 16.7 Å². The summed E-state index contributed by atoms with van der Waals surface area (Å²) in [5.74, 6) is 5.29. The second-order valence-electron chi connectivity index (χ2n) is 3.29. The first kappa shape index (κ1) is 10.7. The van der Waals surface area contributed by atoms with E-state index in [1.54, 1.807) is 11.8 Å². The van der Waals surface area contributed by atoms with E-state index in [1.807, 2.05) is 6.26 Å². The van der Waals surface area contributed by atoms with Crippen molar-refractivity contribution >= 4 is 16.9 Å². The zero-order valence-corrected chi connectivity index (χ0v) is 8.89. The van der Waals surface area contributed by atoms with Crippen LogP contribution in [0.5, 0.6) is 0 Å². The van der Waals surface area contributed by atoms with E-state index in [1.165, 1.54) is 0 Å². The molecule has 0 radical (unpaired) electrons. The van der Waals surface area contributed by atoms with E-state index in [4.69, 9.17) is 11.6 Å². The Hall–Kier alpha value is -0.420. The molecule has 1 fully saturated rings. The molecule has 0 aliphatic carbocycles. The number of likely N-dealkylation sites (tertiary alicyclic amines) is 1. The number of nitrogens with zero attached hydrogens (tertiary/aromatic N) is 2. The van der Waals surface area contributed by atoms with E-state index in [0.29, 0.717) is 6.04 Å². The van der Waals surface area contributed by atoms with Gasteiger partial charge in [-0.15, -0.1) is 0 Å². The highest BCUT2D eigenvalue weighted by Crippen LogP contribution is 2.13. The summed E-state index contributed by atoms with van der Waals surface area (Å²) in [5.41, 5.74) is 5.88. The predicted molar refractivity (Wildman–Crippen MR) is 58.5 cm³/mol. The zero-order chi connectivity index (χ0) is 9.68.